The molecule has 4 rings (SSSR count). The fourth-order valence-corrected chi connectivity index (χ4v) is 3.91. The van der Waals surface area contributed by atoms with Gasteiger partial charge in [0.15, 0.2) is 5.65 Å². The molecule has 9 heteroatoms. The summed E-state index contributed by atoms with van der Waals surface area (Å²) in [4.78, 5) is 44.1. The van der Waals surface area contributed by atoms with Gasteiger partial charge in [-0.25, -0.2) is 18.9 Å². The average molecular weight is 465 g/mol. The van der Waals surface area contributed by atoms with Crippen molar-refractivity contribution in [2.75, 3.05) is 12.4 Å². The summed E-state index contributed by atoms with van der Waals surface area (Å²) in [5, 5.41) is 3.34. The average Bonchev–Trinajstić information content (AvgIpc) is 2.77. The van der Waals surface area contributed by atoms with Gasteiger partial charge in [0.2, 0.25) is 5.91 Å². The molecule has 168 valence electrons. The van der Waals surface area contributed by atoms with Crippen LogP contribution in [0.5, 0.6) is 5.75 Å². The first-order chi connectivity index (χ1) is 15.8. The summed E-state index contributed by atoms with van der Waals surface area (Å²) in [6.07, 6.45) is 0. The van der Waals surface area contributed by atoms with Gasteiger partial charge in [-0.2, -0.15) is 0 Å². The molecule has 8 nitrogen and oxygen atoms in total. The minimum absolute atomic E-state index is 0.252. The van der Waals surface area contributed by atoms with Crippen LogP contribution in [-0.2, 0) is 11.3 Å². The van der Waals surface area contributed by atoms with E-state index in [2.05, 4.69) is 10.3 Å². The lowest BCUT2D eigenvalue weighted by atomic mass is 10.1. The Bertz CT molecular complexity index is 1490. The molecular weight excluding hydrogens is 444 g/mol. The second-order valence-corrected chi connectivity index (χ2v) is 7.95. The molecule has 0 saturated heterocycles. The van der Waals surface area contributed by atoms with Crippen LogP contribution in [0.3, 0.4) is 0 Å². The lowest BCUT2D eigenvalue weighted by Gasteiger charge is -2.15. The Hall–Kier alpha value is -3.91. The number of carbonyl (C=O) groups excluding carboxylic acids is 1. The van der Waals surface area contributed by atoms with Gasteiger partial charge in [-0.15, -0.1) is 0 Å². The topological polar surface area (TPSA) is 95.2 Å². The molecule has 0 radical (unpaired) electrons. The first-order valence-corrected chi connectivity index (χ1v) is 10.5. The number of para-hydroxylation sites is 1. The number of carbonyl (C=O) groups is 1. The number of ether oxygens (including phenoxy) is 1. The van der Waals surface area contributed by atoms with E-state index in [0.29, 0.717) is 33.4 Å². The van der Waals surface area contributed by atoms with Crippen molar-refractivity contribution in [2.45, 2.75) is 20.4 Å². The van der Waals surface area contributed by atoms with E-state index in [1.165, 1.54) is 17.7 Å². The second-order valence-electron chi connectivity index (χ2n) is 7.52. The molecule has 2 aromatic carbocycles. The van der Waals surface area contributed by atoms with Gasteiger partial charge in [-0.3, -0.25) is 9.59 Å². The highest BCUT2D eigenvalue weighted by Crippen LogP contribution is 2.27. The normalized spacial score (nSPS) is 10.9. The fourth-order valence-electron chi connectivity index (χ4n) is 3.74. The van der Waals surface area contributed by atoms with Crippen molar-refractivity contribution in [3.8, 4) is 11.4 Å². The van der Waals surface area contributed by atoms with Gasteiger partial charge in [0.1, 0.15) is 12.3 Å². The number of hydrogen-bond acceptors (Lipinski definition) is 5. The van der Waals surface area contributed by atoms with Crippen molar-refractivity contribution in [2.24, 2.45) is 0 Å². The fraction of sp³-hybridized carbons (Fsp3) is 0.167. The van der Waals surface area contributed by atoms with Crippen LogP contribution in [0.2, 0.25) is 5.02 Å². The van der Waals surface area contributed by atoms with E-state index in [1.54, 1.807) is 56.3 Å². The third-order valence-corrected chi connectivity index (χ3v) is 5.41. The highest BCUT2D eigenvalue weighted by atomic mass is 35.5. The van der Waals surface area contributed by atoms with Gasteiger partial charge < -0.3 is 10.1 Å². The predicted molar refractivity (Wildman–Crippen MR) is 128 cm³/mol. The molecule has 1 N–H and O–H groups in total. The number of methoxy groups -OCH3 is 1. The molecule has 0 fully saturated rings. The van der Waals surface area contributed by atoms with Crippen LogP contribution < -0.4 is 21.3 Å². The summed E-state index contributed by atoms with van der Waals surface area (Å²) in [7, 11) is 1.46. The molecule has 0 aliphatic carbocycles. The molecule has 0 aliphatic heterocycles. The van der Waals surface area contributed by atoms with E-state index in [1.807, 2.05) is 6.07 Å². The Morgan fingerprint density at radius 3 is 2.52 bits per heavy atom. The minimum atomic E-state index is -0.663. The number of rotatable bonds is 5. The lowest BCUT2D eigenvalue weighted by Crippen LogP contribution is -2.42. The number of anilines is 1. The highest BCUT2D eigenvalue weighted by molar-refractivity contribution is 6.31. The zero-order chi connectivity index (χ0) is 23.7. The van der Waals surface area contributed by atoms with Crippen LogP contribution in [0.25, 0.3) is 16.7 Å². The monoisotopic (exact) mass is 464 g/mol. The Kier molecular flexibility index (Phi) is 6.02. The zero-order valence-corrected chi connectivity index (χ0v) is 19.0. The van der Waals surface area contributed by atoms with E-state index in [0.717, 1.165) is 4.57 Å². The summed E-state index contributed by atoms with van der Waals surface area (Å²) < 4.78 is 7.50. The SMILES string of the molecule is COc1ccc(Cl)cc1NC(=O)Cn1c(=O)c2c(C)cc(C)nc2n(-c2ccccc2)c1=O. The molecule has 0 atom stereocenters. The Morgan fingerprint density at radius 2 is 1.82 bits per heavy atom. The van der Waals surface area contributed by atoms with Crippen molar-refractivity contribution >= 4 is 34.2 Å². The van der Waals surface area contributed by atoms with Gasteiger partial charge in [0.25, 0.3) is 5.56 Å². The number of hydrogen-bond donors (Lipinski definition) is 1. The Morgan fingerprint density at radius 1 is 1.09 bits per heavy atom. The maximum atomic E-state index is 13.5. The van der Waals surface area contributed by atoms with Crippen LogP contribution in [-0.4, -0.2) is 27.1 Å². The number of halogens is 1. The molecule has 0 bridgehead atoms. The molecular formula is C24H21ClN4O4. The van der Waals surface area contributed by atoms with Crippen LogP contribution in [0.15, 0.2) is 64.2 Å². The van der Waals surface area contributed by atoms with Gasteiger partial charge in [-0.05, 0) is 55.8 Å². The first kappa shape index (κ1) is 22.3. The number of pyridine rings is 1. The van der Waals surface area contributed by atoms with E-state index >= 15 is 0 Å². The number of amides is 1. The predicted octanol–water partition coefficient (Wildman–Crippen LogP) is 3.46. The summed E-state index contributed by atoms with van der Waals surface area (Å²) in [5.41, 5.74) is 1.22. The molecule has 1 amide bonds. The van der Waals surface area contributed by atoms with Crippen LogP contribution in [0.1, 0.15) is 11.3 Å². The smallest absolute Gasteiger partial charge is 0.337 e. The van der Waals surface area contributed by atoms with Crippen molar-refractivity contribution in [1.29, 1.82) is 0 Å². The Labute approximate surface area is 194 Å². The number of aromatic nitrogens is 3. The second kappa shape index (κ2) is 8.91. The van der Waals surface area contributed by atoms with Crippen molar-refractivity contribution in [3.63, 3.8) is 0 Å². The number of aryl methyl sites for hydroxylation is 2. The van der Waals surface area contributed by atoms with E-state index < -0.39 is 23.7 Å². The van der Waals surface area contributed by atoms with Gasteiger partial charge >= 0.3 is 5.69 Å². The number of nitrogens with one attached hydrogen (secondary N) is 1. The van der Waals surface area contributed by atoms with Crippen LogP contribution in [0.4, 0.5) is 5.69 Å². The summed E-state index contributed by atoms with van der Waals surface area (Å²) in [6.45, 7) is 3.08. The lowest BCUT2D eigenvalue weighted by molar-refractivity contribution is -0.116. The zero-order valence-electron chi connectivity index (χ0n) is 18.3. The number of fused-ring (bicyclic) bond motifs is 1. The standard InChI is InChI=1S/C24H21ClN4O4/c1-14-11-15(2)26-22-21(14)23(31)28(24(32)29(22)17-7-5-4-6-8-17)13-20(30)27-18-12-16(25)9-10-19(18)33-3/h4-12H,13H2,1-3H3,(H,27,30). The van der Waals surface area contributed by atoms with Crippen LogP contribution in [0, 0.1) is 13.8 Å². The molecule has 0 unspecified atom stereocenters. The van der Waals surface area contributed by atoms with Crippen molar-refractivity contribution in [3.05, 3.63) is 91.7 Å². The highest BCUT2D eigenvalue weighted by Gasteiger charge is 2.20. The maximum absolute atomic E-state index is 13.5. The third-order valence-electron chi connectivity index (χ3n) is 5.17. The Balaban J connectivity index is 1.87. The number of benzene rings is 2. The summed E-state index contributed by atoms with van der Waals surface area (Å²) in [6, 6.07) is 15.4. The summed E-state index contributed by atoms with van der Waals surface area (Å²) >= 11 is 6.03. The van der Waals surface area contributed by atoms with Crippen molar-refractivity contribution < 1.29 is 9.53 Å². The van der Waals surface area contributed by atoms with Crippen LogP contribution >= 0.6 is 11.6 Å². The number of nitrogens with zero attached hydrogens (tertiary/aromatic N) is 3. The van der Waals surface area contributed by atoms with E-state index in [4.69, 9.17) is 16.3 Å². The van der Waals surface area contributed by atoms with E-state index in [-0.39, 0.29) is 11.0 Å². The molecule has 2 heterocycles. The molecule has 4 aromatic rings. The summed E-state index contributed by atoms with van der Waals surface area (Å²) in [5.74, 6) is -0.178. The molecule has 0 aliphatic rings. The van der Waals surface area contributed by atoms with Gasteiger partial charge in [0, 0.05) is 10.7 Å². The largest absolute Gasteiger partial charge is 0.495 e. The first-order valence-electron chi connectivity index (χ1n) is 10.1. The quantitative estimate of drug-likeness (QED) is 0.488. The molecule has 33 heavy (non-hydrogen) atoms. The molecule has 2 aromatic heterocycles. The molecule has 0 spiro atoms. The van der Waals surface area contributed by atoms with Gasteiger partial charge in [0.05, 0.1) is 23.9 Å². The van der Waals surface area contributed by atoms with E-state index in [9.17, 15) is 14.4 Å². The van der Waals surface area contributed by atoms with Crippen molar-refractivity contribution in [1.82, 2.24) is 14.1 Å². The minimum Gasteiger partial charge on any atom is -0.495 e. The molecule has 0 saturated carbocycles. The maximum Gasteiger partial charge on any atom is 0.337 e. The third kappa shape index (κ3) is 4.25. The van der Waals surface area contributed by atoms with Gasteiger partial charge in [-0.1, -0.05) is 29.8 Å².